The van der Waals surface area contributed by atoms with Crippen molar-refractivity contribution in [1.82, 2.24) is 5.32 Å². The first kappa shape index (κ1) is 19.1. The summed E-state index contributed by atoms with van der Waals surface area (Å²) in [5.41, 5.74) is 2.86. The van der Waals surface area contributed by atoms with Crippen molar-refractivity contribution in [2.75, 3.05) is 18.0 Å². The van der Waals surface area contributed by atoms with E-state index in [1.54, 1.807) is 17.0 Å². The molecule has 1 heterocycles. The molecule has 8 heteroatoms. The van der Waals surface area contributed by atoms with E-state index in [9.17, 15) is 18.0 Å². The van der Waals surface area contributed by atoms with Crippen molar-refractivity contribution in [2.24, 2.45) is 5.14 Å². The molecular formula is C19H21N3O4S. The van der Waals surface area contributed by atoms with Crippen LogP contribution in [0.5, 0.6) is 0 Å². The Balaban J connectivity index is 1.47. The van der Waals surface area contributed by atoms with Crippen LogP contribution in [0.15, 0.2) is 53.4 Å². The molecule has 3 rings (SSSR count). The van der Waals surface area contributed by atoms with Gasteiger partial charge in [0.25, 0.3) is 0 Å². The van der Waals surface area contributed by atoms with Gasteiger partial charge in [0.15, 0.2) is 0 Å². The Labute approximate surface area is 158 Å². The van der Waals surface area contributed by atoms with Crippen molar-refractivity contribution in [2.45, 2.75) is 24.2 Å². The smallest absolute Gasteiger partial charge is 0.238 e. The van der Waals surface area contributed by atoms with Gasteiger partial charge in [-0.25, -0.2) is 13.6 Å². The number of sulfonamides is 1. The predicted octanol–water partition coefficient (Wildman–Crippen LogP) is 0.972. The second kappa shape index (κ2) is 7.89. The highest BCUT2D eigenvalue weighted by Crippen LogP contribution is 2.27. The van der Waals surface area contributed by atoms with E-state index in [2.05, 4.69) is 5.32 Å². The van der Waals surface area contributed by atoms with Gasteiger partial charge in [-0.2, -0.15) is 0 Å². The first-order valence-electron chi connectivity index (χ1n) is 8.61. The molecule has 0 saturated carbocycles. The molecule has 0 aromatic heterocycles. The number of hydrogen-bond acceptors (Lipinski definition) is 4. The molecule has 0 bridgehead atoms. The first-order chi connectivity index (χ1) is 12.8. The van der Waals surface area contributed by atoms with Crippen LogP contribution < -0.4 is 15.4 Å². The van der Waals surface area contributed by atoms with Gasteiger partial charge in [0.05, 0.1) is 4.90 Å². The fourth-order valence-corrected chi connectivity index (χ4v) is 3.60. The number of amides is 2. The maximum Gasteiger partial charge on any atom is 0.238 e. The summed E-state index contributed by atoms with van der Waals surface area (Å²) < 4.78 is 22.4. The number of benzene rings is 2. The molecule has 142 valence electrons. The highest BCUT2D eigenvalue weighted by atomic mass is 32.2. The highest BCUT2D eigenvalue weighted by Gasteiger charge is 2.25. The summed E-state index contributed by atoms with van der Waals surface area (Å²) in [6, 6.07) is 13.9. The van der Waals surface area contributed by atoms with Gasteiger partial charge < -0.3 is 10.2 Å². The van der Waals surface area contributed by atoms with Gasteiger partial charge in [-0.15, -0.1) is 0 Å². The molecule has 27 heavy (non-hydrogen) atoms. The SMILES string of the molecule is NS(=O)(=O)c1ccc(CCNC(=O)CC(=O)N2CCc3ccccc32)cc1. The fraction of sp³-hybridized carbons (Fsp3) is 0.263. The summed E-state index contributed by atoms with van der Waals surface area (Å²) in [5, 5.41) is 7.78. The van der Waals surface area contributed by atoms with Crippen LogP contribution in [0.4, 0.5) is 5.69 Å². The molecule has 2 aromatic rings. The first-order valence-corrected chi connectivity index (χ1v) is 10.2. The molecule has 0 aliphatic carbocycles. The largest absolute Gasteiger partial charge is 0.355 e. The van der Waals surface area contributed by atoms with Crippen LogP contribution in [0.1, 0.15) is 17.5 Å². The molecule has 2 amide bonds. The summed E-state index contributed by atoms with van der Waals surface area (Å²) >= 11 is 0. The number of carbonyl (C=O) groups excluding carboxylic acids is 2. The van der Waals surface area contributed by atoms with E-state index in [1.165, 1.54) is 12.1 Å². The second-order valence-electron chi connectivity index (χ2n) is 6.39. The van der Waals surface area contributed by atoms with E-state index < -0.39 is 10.0 Å². The average molecular weight is 387 g/mol. The minimum absolute atomic E-state index is 0.0479. The van der Waals surface area contributed by atoms with Crippen LogP contribution in [0.3, 0.4) is 0 Å². The lowest BCUT2D eigenvalue weighted by Crippen LogP contribution is -2.35. The van der Waals surface area contributed by atoms with Crippen LogP contribution in [0.25, 0.3) is 0 Å². The number of fused-ring (bicyclic) bond motifs is 1. The van der Waals surface area contributed by atoms with Crippen molar-refractivity contribution in [3.63, 3.8) is 0 Å². The molecule has 0 fully saturated rings. The number of para-hydroxylation sites is 1. The normalized spacial score (nSPS) is 13.3. The standard InChI is InChI=1S/C19H21N3O4S/c20-27(25,26)16-7-5-14(6-8-16)9-11-21-18(23)13-19(24)22-12-10-15-3-1-2-4-17(15)22/h1-8H,9-13H2,(H,21,23)(H2,20,25,26). The summed E-state index contributed by atoms with van der Waals surface area (Å²) in [5.74, 6) is -0.541. The average Bonchev–Trinajstić information content (AvgIpc) is 3.05. The molecule has 3 N–H and O–H groups in total. The highest BCUT2D eigenvalue weighted by molar-refractivity contribution is 7.89. The van der Waals surface area contributed by atoms with E-state index in [-0.39, 0.29) is 23.1 Å². The maximum atomic E-state index is 12.4. The van der Waals surface area contributed by atoms with Crippen molar-refractivity contribution in [3.05, 3.63) is 59.7 Å². The van der Waals surface area contributed by atoms with E-state index in [1.807, 2.05) is 24.3 Å². The number of anilines is 1. The minimum atomic E-state index is -3.71. The molecule has 7 nitrogen and oxygen atoms in total. The van der Waals surface area contributed by atoms with Gasteiger partial charge in [0.2, 0.25) is 21.8 Å². The number of nitrogens with two attached hydrogens (primary N) is 1. The number of hydrogen-bond donors (Lipinski definition) is 2. The lowest BCUT2D eigenvalue weighted by Gasteiger charge is -2.17. The molecular weight excluding hydrogens is 366 g/mol. The summed E-state index contributed by atoms with van der Waals surface area (Å²) in [6.45, 7) is 0.958. The molecule has 2 aromatic carbocycles. The Morgan fingerprint density at radius 2 is 1.78 bits per heavy atom. The number of nitrogens with one attached hydrogen (secondary N) is 1. The Morgan fingerprint density at radius 1 is 1.07 bits per heavy atom. The molecule has 1 aliphatic rings. The zero-order valence-corrected chi connectivity index (χ0v) is 15.5. The van der Waals surface area contributed by atoms with Crippen molar-refractivity contribution in [3.8, 4) is 0 Å². The lowest BCUT2D eigenvalue weighted by molar-refractivity contribution is -0.127. The molecule has 0 radical (unpaired) electrons. The van der Waals surface area contributed by atoms with Crippen LogP contribution >= 0.6 is 0 Å². The predicted molar refractivity (Wildman–Crippen MR) is 102 cm³/mol. The van der Waals surface area contributed by atoms with Crippen LogP contribution in [-0.2, 0) is 32.5 Å². The third-order valence-corrected chi connectivity index (χ3v) is 5.42. The van der Waals surface area contributed by atoms with E-state index in [4.69, 9.17) is 5.14 Å². The van der Waals surface area contributed by atoms with Crippen LogP contribution in [-0.4, -0.2) is 33.3 Å². The van der Waals surface area contributed by atoms with E-state index in [0.29, 0.717) is 19.5 Å². The summed E-state index contributed by atoms with van der Waals surface area (Å²) in [7, 11) is -3.71. The van der Waals surface area contributed by atoms with Crippen molar-refractivity contribution in [1.29, 1.82) is 0 Å². The zero-order chi connectivity index (χ0) is 19.4. The molecule has 0 atom stereocenters. The lowest BCUT2D eigenvalue weighted by atomic mass is 10.1. The van der Waals surface area contributed by atoms with E-state index in [0.717, 1.165) is 23.2 Å². The number of nitrogens with zero attached hydrogens (tertiary/aromatic N) is 1. The second-order valence-corrected chi connectivity index (χ2v) is 7.95. The van der Waals surface area contributed by atoms with Gasteiger partial charge in [-0.1, -0.05) is 30.3 Å². The van der Waals surface area contributed by atoms with Crippen LogP contribution in [0.2, 0.25) is 0 Å². The Kier molecular flexibility index (Phi) is 5.57. The van der Waals surface area contributed by atoms with Gasteiger partial charge in [0, 0.05) is 18.8 Å². The Bertz CT molecular complexity index is 955. The quantitative estimate of drug-likeness (QED) is 0.720. The van der Waals surface area contributed by atoms with E-state index >= 15 is 0 Å². The van der Waals surface area contributed by atoms with Crippen molar-refractivity contribution < 1.29 is 18.0 Å². The summed E-state index contributed by atoms with van der Waals surface area (Å²) in [6.07, 6.45) is 1.13. The monoisotopic (exact) mass is 387 g/mol. The third-order valence-electron chi connectivity index (χ3n) is 4.49. The van der Waals surface area contributed by atoms with Gasteiger partial charge >= 0.3 is 0 Å². The molecule has 0 spiro atoms. The number of carbonyl (C=O) groups is 2. The minimum Gasteiger partial charge on any atom is -0.355 e. The number of primary sulfonamides is 1. The number of rotatable bonds is 6. The van der Waals surface area contributed by atoms with Crippen LogP contribution in [0, 0.1) is 0 Å². The molecule has 0 unspecified atom stereocenters. The molecule has 0 saturated heterocycles. The van der Waals surface area contributed by atoms with Gasteiger partial charge in [0.1, 0.15) is 6.42 Å². The van der Waals surface area contributed by atoms with Gasteiger partial charge in [-0.3, -0.25) is 9.59 Å². The van der Waals surface area contributed by atoms with Gasteiger partial charge in [-0.05, 0) is 42.2 Å². The Morgan fingerprint density at radius 3 is 2.48 bits per heavy atom. The maximum absolute atomic E-state index is 12.4. The summed E-state index contributed by atoms with van der Waals surface area (Å²) in [4.78, 5) is 26.1. The fourth-order valence-electron chi connectivity index (χ4n) is 3.08. The molecule has 1 aliphatic heterocycles. The third kappa shape index (κ3) is 4.72. The topological polar surface area (TPSA) is 110 Å². The zero-order valence-electron chi connectivity index (χ0n) is 14.7. The van der Waals surface area contributed by atoms with Crippen molar-refractivity contribution >= 4 is 27.5 Å². The Hall–Kier alpha value is -2.71.